The van der Waals surface area contributed by atoms with E-state index in [1.165, 1.54) is 24.0 Å². The second kappa shape index (κ2) is 8.69. The van der Waals surface area contributed by atoms with Crippen molar-refractivity contribution in [2.24, 2.45) is 0 Å². The largest absolute Gasteiger partial charge is 0.340 e. The van der Waals surface area contributed by atoms with E-state index in [4.69, 9.17) is 0 Å². The van der Waals surface area contributed by atoms with Crippen molar-refractivity contribution in [3.05, 3.63) is 53.2 Å². The van der Waals surface area contributed by atoms with E-state index in [9.17, 15) is 4.79 Å². The van der Waals surface area contributed by atoms with Gasteiger partial charge in [-0.2, -0.15) is 0 Å². The van der Waals surface area contributed by atoms with E-state index in [0.717, 1.165) is 36.1 Å². The molecule has 1 amide bonds. The second-order valence-corrected chi connectivity index (χ2v) is 8.03. The van der Waals surface area contributed by atoms with E-state index in [0.29, 0.717) is 5.56 Å². The Morgan fingerprint density at radius 1 is 1.23 bits per heavy atom. The zero-order chi connectivity index (χ0) is 18.5. The highest BCUT2D eigenvalue weighted by molar-refractivity contribution is 7.99. The number of pyridine rings is 1. The van der Waals surface area contributed by atoms with Gasteiger partial charge in [-0.15, -0.1) is 0 Å². The fourth-order valence-electron chi connectivity index (χ4n) is 3.26. The zero-order valence-corrected chi connectivity index (χ0v) is 16.7. The maximum absolute atomic E-state index is 13.0. The Morgan fingerprint density at radius 2 is 2.00 bits per heavy atom. The number of rotatable bonds is 6. The number of benzene rings is 1. The highest BCUT2D eigenvalue weighted by atomic mass is 32.2. The zero-order valence-electron chi connectivity index (χ0n) is 15.9. The van der Waals surface area contributed by atoms with Crippen LogP contribution in [0.15, 0.2) is 46.5 Å². The van der Waals surface area contributed by atoms with Gasteiger partial charge in [0.2, 0.25) is 0 Å². The van der Waals surface area contributed by atoms with Crippen LogP contribution in [0, 0.1) is 13.8 Å². The molecule has 2 aromatic rings. The normalized spacial score (nSPS) is 14.6. The van der Waals surface area contributed by atoms with Gasteiger partial charge in [0.25, 0.3) is 5.91 Å². The smallest absolute Gasteiger partial charge is 0.256 e. The summed E-state index contributed by atoms with van der Waals surface area (Å²) in [5.74, 6) is 0.0459. The number of likely N-dealkylation sites (N-methyl/N-ethyl adjacent to an activating group) is 1. The van der Waals surface area contributed by atoms with E-state index in [1.54, 1.807) is 18.0 Å². The maximum atomic E-state index is 13.0. The van der Waals surface area contributed by atoms with Gasteiger partial charge in [-0.05, 0) is 63.5 Å². The van der Waals surface area contributed by atoms with Crippen molar-refractivity contribution >= 4 is 17.7 Å². The number of hydrogen-bond donors (Lipinski definition) is 0. The number of hydrogen-bond acceptors (Lipinski definition) is 4. The molecule has 138 valence electrons. The topological polar surface area (TPSA) is 36.4 Å². The van der Waals surface area contributed by atoms with Crippen LogP contribution in [0.1, 0.15) is 34.3 Å². The Labute approximate surface area is 160 Å². The molecule has 0 bridgehead atoms. The lowest BCUT2D eigenvalue weighted by Crippen LogP contribution is -2.35. The number of amides is 1. The van der Waals surface area contributed by atoms with Crippen LogP contribution in [-0.2, 0) is 0 Å². The van der Waals surface area contributed by atoms with E-state index < -0.39 is 0 Å². The van der Waals surface area contributed by atoms with Crippen molar-refractivity contribution in [2.45, 2.75) is 36.6 Å². The Morgan fingerprint density at radius 3 is 2.73 bits per heavy atom. The summed E-state index contributed by atoms with van der Waals surface area (Å²) in [5.41, 5.74) is 3.13. The van der Waals surface area contributed by atoms with Crippen molar-refractivity contribution in [1.29, 1.82) is 0 Å². The monoisotopic (exact) mass is 369 g/mol. The quantitative estimate of drug-likeness (QED) is 0.771. The van der Waals surface area contributed by atoms with Gasteiger partial charge in [-0.1, -0.05) is 29.5 Å². The van der Waals surface area contributed by atoms with Crippen molar-refractivity contribution in [2.75, 3.05) is 33.2 Å². The summed E-state index contributed by atoms with van der Waals surface area (Å²) in [5, 5.41) is 0.775. The molecule has 2 heterocycles. The molecule has 0 unspecified atom stereocenters. The van der Waals surface area contributed by atoms with E-state index in [-0.39, 0.29) is 5.91 Å². The van der Waals surface area contributed by atoms with Gasteiger partial charge >= 0.3 is 0 Å². The number of likely N-dealkylation sites (tertiary alicyclic amines) is 1. The Balaban J connectivity index is 1.72. The number of aryl methyl sites for hydroxylation is 2. The minimum absolute atomic E-state index is 0.0459. The van der Waals surface area contributed by atoms with Crippen LogP contribution in [0.25, 0.3) is 0 Å². The fourth-order valence-corrected chi connectivity index (χ4v) is 4.20. The van der Waals surface area contributed by atoms with Crippen LogP contribution >= 0.6 is 11.8 Å². The lowest BCUT2D eigenvalue weighted by Gasteiger charge is -2.22. The Bertz CT molecular complexity index is 772. The summed E-state index contributed by atoms with van der Waals surface area (Å²) in [6.45, 7) is 8.20. The summed E-state index contributed by atoms with van der Waals surface area (Å²) >= 11 is 1.57. The van der Waals surface area contributed by atoms with E-state index in [2.05, 4.69) is 41.9 Å². The third-order valence-corrected chi connectivity index (χ3v) is 6.03. The van der Waals surface area contributed by atoms with Crippen molar-refractivity contribution in [3.8, 4) is 0 Å². The molecule has 0 saturated carbocycles. The number of aromatic nitrogens is 1. The van der Waals surface area contributed by atoms with Gasteiger partial charge in [0.05, 0.1) is 5.56 Å². The molecule has 0 aliphatic carbocycles. The molecule has 0 spiro atoms. The predicted molar refractivity (Wildman–Crippen MR) is 107 cm³/mol. The van der Waals surface area contributed by atoms with Crippen molar-refractivity contribution in [3.63, 3.8) is 0 Å². The van der Waals surface area contributed by atoms with Gasteiger partial charge in [-0.3, -0.25) is 4.79 Å². The molecule has 0 radical (unpaired) electrons. The SMILES string of the molecule is Cc1ccc(Sc2ncccc2C(=O)N(C)CCN2CCCC2)c(C)c1. The van der Waals surface area contributed by atoms with Gasteiger partial charge < -0.3 is 9.80 Å². The number of carbonyl (C=O) groups is 1. The standard InChI is InChI=1S/C21H27N3OS/c1-16-8-9-19(17(2)15-16)26-20-18(7-6-10-22-20)21(25)23(3)13-14-24-11-4-5-12-24/h6-10,15H,4-5,11-14H2,1-3H3. The van der Waals surface area contributed by atoms with Crippen LogP contribution in [0.4, 0.5) is 0 Å². The molecule has 0 atom stereocenters. The highest BCUT2D eigenvalue weighted by Crippen LogP contribution is 2.31. The molecular formula is C21H27N3OS. The highest BCUT2D eigenvalue weighted by Gasteiger charge is 2.19. The Kier molecular flexibility index (Phi) is 6.33. The van der Waals surface area contributed by atoms with Crippen LogP contribution in [0.2, 0.25) is 0 Å². The molecule has 0 N–H and O–H groups in total. The molecule has 1 aliphatic heterocycles. The van der Waals surface area contributed by atoms with Crippen molar-refractivity contribution < 1.29 is 4.79 Å². The minimum atomic E-state index is 0.0459. The average molecular weight is 370 g/mol. The minimum Gasteiger partial charge on any atom is -0.340 e. The third-order valence-electron chi connectivity index (χ3n) is 4.84. The first kappa shape index (κ1) is 18.9. The number of carbonyl (C=O) groups excluding carboxylic acids is 1. The van der Waals surface area contributed by atoms with Gasteiger partial charge in [0, 0.05) is 31.2 Å². The lowest BCUT2D eigenvalue weighted by molar-refractivity contribution is 0.0778. The first-order valence-corrected chi connectivity index (χ1v) is 10.0. The summed E-state index contributed by atoms with van der Waals surface area (Å²) in [6, 6.07) is 10.1. The average Bonchev–Trinajstić information content (AvgIpc) is 3.15. The number of nitrogens with zero attached hydrogens (tertiary/aromatic N) is 3. The molecule has 1 fully saturated rings. The molecule has 1 aromatic carbocycles. The lowest BCUT2D eigenvalue weighted by atomic mass is 10.2. The third kappa shape index (κ3) is 4.65. The first-order valence-electron chi connectivity index (χ1n) is 9.22. The Hall–Kier alpha value is -1.85. The van der Waals surface area contributed by atoms with Crippen LogP contribution in [0.3, 0.4) is 0 Å². The van der Waals surface area contributed by atoms with E-state index >= 15 is 0 Å². The van der Waals surface area contributed by atoms with Crippen LogP contribution in [-0.4, -0.2) is 53.9 Å². The molecular weight excluding hydrogens is 342 g/mol. The van der Waals surface area contributed by atoms with Gasteiger partial charge in [0.15, 0.2) is 0 Å². The molecule has 4 nitrogen and oxygen atoms in total. The molecule has 1 aliphatic rings. The van der Waals surface area contributed by atoms with E-state index in [1.807, 2.05) is 24.1 Å². The van der Waals surface area contributed by atoms with Gasteiger partial charge in [-0.25, -0.2) is 4.98 Å². The first-order chi connectivity index (χ1) is 12.5. The molecule has 1 saturated heterocycles. The summed E-state index contributed by atoms with van der Waals surface area (Å²) < 4.78 is 0. The predicted octanol–water partition coefficient (Wildman–Crippen LogP) is 4.02. The molecule has 5 heteroatoms. The summed E-state index contributed by atoms with van der Waals surface area (Å²) in [4.78, 5) is 22.8. The maximum Gasteiger partial charge on any atom is 0.256 e. The fraction of sp³-hybridized carbons (Fsp3) is 0.429. The summed E-state index contributed by atoms with van der Waals surface area (Å²) in [6.07, 6.45) is 4.31. The van der Waals surface area contributed by atoms with Gasteiger partial charge in [0.1, 0.15) is 5.03 Å². The summed E-state index contributed by atoms with van der Waals surface area (Å²) in [7, 11) is 1.89. The molecule has 26 heavy (non-hydrogen) atoms. The molecule has 3 rings (SSSR count). The van der Waals surface area contributed by atoms with Crippen LogP contribution < -0.4 is 0 Å². The second-order valence-electron chi connectivity index (χ2n) is 7.00. The molecule has 1 aromatic heterocycles. The van der Waals surface area contributed by atoms with Crippen molar-refractivity contribution in [1.82, 2.24) is 14.8 Å². The van der Waals surface area contributed by atoms with Crippen LogP contribution in [0.5, 0.6) is 0 Å².